The molecule has 0 spiro atoms. The van der Waals surface area contributed by atoms with Gasteiger partial charge in [0, 0.05) is 0 Å². The Labute approximate surface area is 83.7 Å². The Balaban J connectivity index is 4.31. The van der Waals surface area contributed by atoms with Crippen molar-refractivity contribution in [2.75, 3.05) is 0 Å². The lowest BCUT2D eigenvalue weighted by atomic mass is 10.0. The Morgan fingerprint density at radius 1 is 1.43 bits per heavy atom. The van der Waals surface area contributed by atoms with Crippen LogP contribution in [0, 0.1) is 5.92 Å². The van der Waals surface area contributed by atoms with E-state index in [9.17, 15) is 9.59 Å². The third-order valence-corrected chi connectivity index (χ3v) is 2.01. The summed E-state index contributed by atoms with van der Waals surface area (Å²) < 4.78 is 0. The van der Waals surface area contributed by atoms with E-state index >= 15 is 0 Å². The predicted octanol–water partition coefficient (Wildman–Crippen LogP) is -0.0509. The number of hydrogen-bond acceptors (Lipinski definition) is 3. The molecule has 0 aliphatic rings. The van der Waals surface area contributed by atoms with Crippen LogP contribution in [-0.2, 0) is 9.59 Å². The number of hydrogen-bond donors (Lipinski definition) is 3. The molecule has 0 aromatic rings. The van der Waals surface area contributed by atoms with E-state index in [-0.39, 0.29) is 5.92 Å². The van der Waals surface area contributed by atoms with E-state index in [1.54, 1.807) is 20.8 Å². The second kappa shape index (κ2) is 5.59. The van der Waals surface area contributed by atoms with Crippen molar-refractivity contribution in [3.05, 3.63) is 0 Å². The van der Waals surface area contributed by atoms with Crippen LogP contribution in [0.15, 0.2) is 0 Å². The fraction of sp³-hybridized carbons (Fsp3) is 0.778. The number of aliphatic carboxylic acids is 1. The van der Waals surface area contributed by atoms with Gasteiger partial charge in [0.2, 0.25) is 5.91 Å². The predicted molar refractivity (Wildman–Crippen MR) is 52.7 cm³/mol. The number of carboxylic acid groups (broad SMARTS) is 1. The lowest BCUT2D eigenvalue weighted by Crippen LogP contribution is -2.50. The fourth-order valence-electron chi connectivity index (χ4n) is 0.959. The summed E-state index contributed by atoms with van der Waals surface area (Å²) in [5.74, 6) is -1.59. The van der Waals surface area contributed by atoms with E-state index in [0.29, 0.717) is 6.42 Å². The highest BCUT2D eigenvalue weighted by molar-refractivity contribution is 5.86. The number of nitrogens with one attached hydrogen (secondary N) is 1. The quantitative estimate of drug-likeness (QED) is 0.582. The summed E-state index contributed by atoms with van der Waals surface area (Å²) in [6.45, 7) is 5.24. The third-order valence-electron chi connectivity index (χ3n) is 2.01. The van der Waals surface area contributed by atoms with Crippen LogP contribution in [0.25, 0.3) is 0 Å². The molecule has 0 aliphatic heterocycles. The average molecular weight is 202 g/mol. The topological polar surface area (TPSA) is 92.4 Å². The van der Waals surface area contributed by atoms with Crippen molar-refractivity contribution in [1.82, 2.24) is 5.32 Å². The van der Waals surface area contributed by atoms with Gasteiger partial charge in [-0.15, -0.1) is 0 Å². The van der Waals surface area contributed by atoms with Gasteiger partial charge in [-0.2, -0.15) is 0 Å². The molecule has 0 aromatic heterocycles. The minimum Gasteiger partial charge on any atom is -0.480 e. The number of amides is 1. The molecule has 0 unspecified atom stereocenters. The Morgan fingerprint density at radius 2 is 1.93 bits per heavy atom. The van der Waals surface area contributed by atoms with Crippen molar-refractivity contribution in [3.8, 4) is 0 Å². The van der Waals surface area contributed by atoms with Crippen LogP contribution in [-0.4, -0.2) is 29.1 Å². The Bertz CT molecular complexity index is 216. The lowest BCUT2D eigenvalue weighted by molar-refractivity contribution is -0.143. The van der Waals surface area contributed by atoms with Crippen LogP contribution < -0.4 is 11.1 Å². The number of carbonyl (C=O) groups excluding carboxylic acids is 1. The van der Waals surface area contributed by atoms with Crippen LogP contribution in [0.4, 0.5) is 0 Å². The smallest absolute Gasteiger partial charge is 0.326 e. The molecule has 5 nitrogen and oxygen atoms in total. The SMILES string of the molecule is CC[C@H](N)C(=O)N[C@@H](C(=O)O)C(C)C. The van der Waals surface area contributed by atoms with Crippen LogP contribution in [0.2, 0.25) is 0 Å². The molecule has 0 rings (SSSR count). The first kappa shape index (κ1) is 12.9. The minimum atomic E-state index is -1.03. The maximum absolute atomic E-state index is 11.3. The number of nitrogens with two attached hydrogens (primary N) is 1. The van der Waals surface area contributed by atoms with Gasteiger partial charge >= 0.3 is 5.97 Å². The molecular formula is C9H18N2O3. The van der Waals surface area contributed by atoms with Gasteiger partial charge in [0.25, 0.3) is 0 Å². The van der Waals surface area contributed by atoms with Crippen molar-refractivity contribution in [3.63, 3.8) is 0 Å². The van der Waals surface area contributed by atoms with Gasteiger partial charge in [0.15, 0.2) is 0 Å². The normalized spacial score (nSPS) is 14.9. The summed E-state index contributed by atoms with van der Waals surface area (Å²) in [5, 5.41) is 11.2. The van der Waals surface area contributed by atoms with Crippen molar-refractivity contribution in [1.29, 1.82) is 0 Å². The molecule has 0 saturated carbocycles. The zero-order valence-electron chi connectivity index (χ0n) is 8.78. The number of rotatable bonds is 5. The highest BCUT2D eigenvalue weighted by atomic mass is 16.4. The first-order valence-corrected chi connectivity index (χ1v) is 4.68. The van der Waals surface area contributed by atoms with Crippen molar-refractivity contribution >= 4 is 11.9 Å². The van der Waals surface area contributed by atoms with E-state index in [2.05, 4.69) is 5.32 Å². The monoisotopic (exact) mass is 202 g/mol. The van der Waals surface area contributed by atoms with Crippen LogP contribution in [0.3, 0.4) is 0 Å². The zero-order valence-corrected chi connectivity index (χ0v) is 8.78. The van der Waals surface area contributed by atoms with E-state index in [4.69, 9.17) is 10.8 Å². The largest absolute Gasteiger partial charge is 0.480 e. The molecule has 0 aliphatic carbocycles. The van der Waals surface area contributed by atoms with Crippen LogP contribution >= 0.6 is 0 Å². The van der Waals surface area contributed by atoms with Crippen LogP contribution in [0.1, 0.15) is 27.2 Å². The standard InChI is InChI=1S/C9H18N2O3/c1-4-6(10)8(12)11-7(5(2)3)9(13)14/h5-7H,4,10H2,1-3H3,(H,11,12)(H,13,14)/t6-,7+/m0/s1. The molecule has 4 N–H and O–H groups in total. The highest BCUT2D eigenvalue weighted by Crippen LogP contribution is 2.02. The Kier molecular flexibility index (Phi) is 5.15. The molecule has 0 aromatic carbocycles. The molecule has 14 heavy (non-hydrogen) atoms. The molecule has 0 fully saturated rings. The number of carbonyl (C=O) groups is 2. The van der Waals surface area contributed by atoms with Gasteiger partial charge in [-0.25, -0.2) is 4.79 Å². The summed E-state index contributed by atoms with van der Waals surface area (Å²) in [6.07, 6.45) is 0.496. The van der Waals surface area contributed by atoms with Gasteiger partial charge in [0.1, 0.15) is 6.04 Å². The van der Waals surface area contributed by atoms with E-state index in [1.807, 2.05) is 0 Å². The lowest BCUT2D eigenvalue weighted by Gasteiger charge is -2.19. The van der Waals surface area contributed by atoms with Gasteiger partial charge in [0.05, 0.1) is 6.04 Å². The molecule has 0 saturated heterocycles. The molecule has 1 amide bonds. The summed E-state index contributed by atoms with van der Waals surface area (Å²) >= 11 is 0. The Hall–Kier alpha value is -1.10. The second-order valence-corrected chi connectivity index (χ2v) is 3.58. The highest BCUT2D eigenvalue weighted by Gasteiger charge is 2.25. The van der Waals surface area contributed by atoms with Crippen molar-refractivity contribution in [2.24, 2.45) is 11.7 Å². The molecule has 0 bridgehead atoms. The van der Waals surface area contributed by atoms with E-state index < -0.39 is 24.0 Å². The Morgan fingerprint density at radius 3 is 2.21 bits per heavy atom. The molecule has 0 heterocycles. The maximum Gasteiger partial charge on any atom is 0.326 e. The van der Waals surface area contributed by atoms with Crippen molar-refractivity contribution < 1.29 is 14.7 Å². The average Bonchev–Trinajstić information content (AvgIpc) is 2.11. The van der Waals surface area contributed by atoms with Gasteiger partial charge in [-0.3, -0.25) is 4.79 Å². The minimum absolute atomic E-state index is 0.152. The van der Waals surface area contributed by atoms with Crippen molar-refractivity contribution in [2.45, 2.75) is 39.3 Å². The molecular weight excluding hydrogens is 184 g/mol. The zero-order chi connectivity index (χ0) is 11.3. The summed E-state index contributed by atoms with van der Waals surface area (Å²) in [7, 11) is 0. The van der Waals surface area contributed by atoms with E-state index in [1.165, 1.54) is 0 Å². The molecule has 0 radical (unpaired) electrons. The maximum atomic E-state index is 11.3. The summed E-state index contributed by atoms with van der Waals surface area (Å²) in [5.41, 5.74) is 5.46. The number of carboxylic acids is 1. The third kappa shape index (κ3) is 3.74. The first-order valence-electron chi connectivity index (χ1n) is 4.68. The molecule has 5 heteroatoms. The van der Waals surface area contributed by atoms with Gasteiger partial charge < -0.3 is 16.2 Å². The second-order valence-electron chi connectivity index (χ2n) is 3.58. The van der Waals surface area contributed by atoms with Crippen LogP contribution in [0.5, 0.6) is 0 Å². The van der Waals surface area contributed by atoms with E-state index in [0.717, 1.165) is 0 Å². The molecule has 82 valence electrons. The molecule has 2 atom stereocenters. The van der Waals surface area contributed by atoms with Gasteiger partial charge in [-0.05, 0) is 12.3 Å². The fourth-order valence-corrected chi connectivity index (χ4v) is 0.959. The summed E-state index contributed by atoms with van der Waals surface area (Å²) in [4.78, 5) is 22.0. The van der Waals surface area contributed by atoms with Gasteiger partial charge in [-0.1, -0.05) is 20.8 Å². The first-order chi connectivity index (χ1) is 6.40. The summed E-state index contributed by atoms with van der Waals surface area (Å²) in [6, 6.07) is -1.49.